The Labute approximate surface area is 167 Å². The van der Waals surface area contributed by atoms with Crippen molar-refractivity contribution in [3.63, 3.8) is 0 Å². The van der Waals surface area contributed by atoms with Crippen LogP contribution < -0.4 is 25.5 Å². The summed E-state index contributed by atoms with van der Waals surface area (Å²) in [5.74, 6) is 2.11. The zero-order valence-corrected chi connectivity index (χ0v) is 17.3. The Hall–Kier alpha value is -3.49. The van der Waals surface area contributed by atoms with Gasteiger partial charge in [-0.15, -0.1) is 0 Å². The van der Waals surface area contributed by atoms with E-state index in [2.05, 4.69) is 4.98 Å². The van der Waals surface area contributed by atoms with E-state index in [0.717, 1.165) is 5.56 Å². The minimum atomic E-state index is -0.386. The van der Waals surface area contributed by atoms with Gasteiger partial charge in [0.05, 0.1) is 21.3 Å². The van der Waals surface area contributed by atoms with E-state index >= 15 is 0 Å². The van der Waals surface area contributed by atoms with Crippen LogP contribution >= 0.6 is 0 Å². The van der Waals surface area contributed by atoms with E-state index in [-0.39, 0.29) is 11.2 Å². The Morgan fingerprint density at radius 1 is 0.966 bits per heavy atom. The Balaban J connectivity index is 2.14. The Bertz CT molecular complexity index is 1190. The topological polar surface area (TPSA) is 89.5 Å². The van der Waals surface area contributed by atoms with Gasteiger partial charge < -0.3 is 18.8 Å². The summed E-state index contributed by atoms with van der Waals surface area (Å²) in [6, 6.07) is 3.61. The van der Waals surface area contributed by atoms with Crippen molar-refractivity contribution >= 4 is 23.3 Å². The molecule has 1 aromatic carbocycles. The Morgan fingerprint density at radius 2 is 1.59 bits per heavy atom. The summed E-state index contributed by atoms with van der Waals surface area (Å²) in [5, 5.41) is 0. The van der Waals surface area contributed by atoms with Gasteiger partial charge in [-0.3, -0.25) is 13.9 Å². The molecule has 29 heavy (non-hydrogen) atoms. The zero-order valence-electron chi connectivity index (χ0n) is 17.3. The van der Waals surface area contributed by atoms with Crippen molar-refractivity contribution < 1.29 is 14.2 Å². The van der Waals surface area contributed by atoms with Crippen molar-refractivity contribution in [1.29, 1.82) is 0 Å². The summed E-state index contributed by atoms with van der Waals surface area (Å²) in [6.07, 6.45) is 3.59. The van der Waals surface area contributed by atoms with Gasteiger partial charge in [-0.1, -0.05) is 6.08 Å². The molecule has 9 heteroatoms. The van der Waals surface area contributed by atoms with Gasteiger partial charge in [0, 0.05) is 20.6 Å². The molecule has 0 aliphatic rings. The van der Waals surface area contributed by atoms with Gasteiger partial charge in [0.15, 0.2) is 22.7 Å². The fraction of sp³-hybridized carbons (Fsp3) is 0.350. The van der Waals surface area contributed by atoms with Crippen LogP contribution in [0.3, 0.4) is 0 Å². The molecule has 0 aliphatic heterocycles. The molecule has 9 nitrogen and oxygen atoms in total. The van der Waals surface area contributed by atoms with Crippen molar-refractivity contribution in [2.45, 2.75) is 13.5 Å². The van der Waals surface area contributed by atoms with Crippen LogP contribution in [-0.2, 0) is 20.6 Å². The number of rotatable bonds is 6. The molecule has 0 atom stereocenters. The highest BCUT2D eigenvalue weighted by Crippen LogP contribution is 2.38. The van der Waals surface area contributed by atoms with Crippen LogP contribution in [0.5, 0.6) is 17.2 Å². The van der Waals surface area contributed by atoms with E-state index in [0.29, 0.717) is 40.8 Å². The molecule has 0 fully saturated rings. The predicted octanol–water partition coefficient (Wildman–Crippen LogP) is 1.65. The monoisotopic (exact) mass is 400 g/mol. The first-order chi connectivity index (χ1) is 13.9. The maximum atomic E-state index is 12.7. The number of ether oxygens (including phenoxy) is 3. The third kappa shape index (κ3) is 3.28. The second-order valence-electron chi connectivity index (χ2n) is 6.38. The van der Waals surface area contributed by atoms with E-state index < -0.39 is 0 Å². The molecule has 0 N–H and O–H groups in total. The van der Waals surface area contributed by atoms with Crippen LogP contribution in [0.2, 0.25) is 0 Å². The van der Waals surface area contributed by atoms with Gasteiger partial charge >= 0.3 is 5.69 Å². The van der Waals surface area contributed by atoms with E-state index in [4.69, 9.17) is 14.2 Å². The van der Waals surface area contributed by atoms with E-state index in [1.54, 1.807) is 65.1 Å². The summed E-state index contributed by atoms with van der Waals surface area (Å²) in [7, 11) is 8.00. The van der Waals surface area contributed by atoms with Crippen molar-refractivity contribution in [3.8, 4) is 17.2 Å². The fourth-order valence-corrected chi connectivity index (χ4v) is 3.26. The van der Waals surface area contributed by atoms with Crippen molar-refractivity contribution in [2.24, 2.45) is 14.1 Å². The summed E-state index contributed by atoms with van der Waals surface area (Å²) in [5.41, 5.74) is 0.776. The minimum Gasteiger partial charge on any atom is -0.493 e. The lowest BCUT2D eigenvalue weighted by molar-refractivity contribution is 0.324. The number of aryl methyl sites for hydroxylation is 2. The lowest BCUT2D eigenvalue weighted by Gasteiger charge is -2.12. The van der Waals surface area contributed by atoms with Gasteiger partial charge in [0.25, 0.3) is 5.56 Å². The molecule has 0 saturated heterocycles. The number of hydrogen-bond acceptors (Lipinski definition) is 6. The highest BCUT2D eigenvalue weighted by atomic mass is 16.5. The summed E-state index contributed by atoms with van der Waals surface area (Å²) in [6.45, 7) is 2.06. The molecule has 154 valence electrons. The molecule has 2 heterocycles. The predicted molar refractivity (Wildman–Crippen MR) is 111 cm³/mol. The molecule has 3 aromatic rings. The summed E-state index contributed by atoms with van der Waals surface area (Å²) >= 11 is 0. The maximum Gasteiger partial charge on any atom is 0.332 e. The third-order valence-electron chi connectivity index (χ3n) is 4.82. The number of nitrogens with zero attached hydrogens (tertiary/aromatic N) is 4. The van der Waals surface area contributed by atoms with Gasteiger partial charge in [-0.2, -0.15) is 0 Å². The normalized spacial score (nSPS) is 11.4. The van der Waals surface area contributed by atoms with Gasteiger partial charge in [0.2, 0.25) is 5.75 Å². The second-order valence-corrected chi connectivity index (χ2v) is 6.38. The number of benzene rings is 1. The Morgan fingerprint density at radius 3 is 2.10 bits per heavy atom. The summed E-state index contributed by atoms with van der Waals surface area (Å²) < 4.78 is 20.3. The van der Waals surface area contributed by atoms with E-state index in [9.17, 15) is 9.59 Å². The highest BCUT2D eigenvalue weighted by Gasteiger charge is 2.17. The number of imidazole rings is 1. The first-order valence-corrected chi connectivity index (χ1v) is 9.02. The first-order valence-electron chi connectivity index (χ1n) is 9.02. The molecule has 0 saturated carbocycles. The SMILES string of the molecule is CCn1c(=O)c2c(nc(C=Cc3cc(OC)c(OC)c(OC)c3)n2C)n(C)c1=O. The number of hydrogen-bond donors (Lipinski definition) is 0. The molecule has 0 aliphatic carbocycles. The second kappa shape index (κ2) is 7.86. The zero-order chi connectivity index (χ0) is 21.3. The van der Waals surface area contributed by atoms with Crippen molar-refractivity contribution in [3.05, 3.63) is 44.4 Å². The van der Waals surface area contributed by atoms with Gasteiger partial charge in [-0.05, 0) is 30.7 Å². The van der Waals surface area contributed by atoms with Crippen LogP contribution in [-0.4, -0.2) is 40.0 Å². The van der Waals surface area contributed by atoms with E-state index in [1.807, 2.05) is 6.08 Å². The highest BCUT2D eigenvalue weighted by molar-refractivity contribution is 5.77. The first kappa shape index (κ1) is 20.2. The van der Waals surface area contributed by atoms with Crippen molar-refractivity contribution in [2.75, 3.05) is 21.3 Å². The maximum absolute atomic E-state index is 12.7. The fourth-order valence-electron chi connectivity index (χ4n) is 3.26. The Kier molecular flexibility index (Phi) is 5.49. The molecule has 0 bridgehead atoms. The average molecular weight is 400 g/mol. The smallest absolute Gasteiger partial charge is 0.332 e. The van der Waals surface area contributed by atoms with Gasteiger partial charge in [-0.25, -0.2) is 9.78 Å². The molecular formula is C20H24N4O5. The molecule has 0 amide bonds. The molecule has 2 aromatic heterocycles. The van der Waals surface area contributed by atoms with Gasteiger partial charge in [0.1, 0.15) is 5.82 Å². The average Bonchev–Trinajstić information content (AvgIpc) is 3.06. The van der Waals surface area contributed by atoms with Crippen LogP contribution in [0.15, 0.2) is 21.7 Å². The molecule has 3 rings (SSSR count). The molecule has 0 unspecified atom stereocenters. The quantitative estimate of drug-likeness (QED) is 0.625. The van der Waals surface area contributed by atoms with Crippen LogP contribution in [0.25, 0.3) is 23.3 Å². The van der Waals surface area contributed by atoms with Crippen molar-refractivity contribution in [1.82, 2.24) is 18.7 Å². The number of fused-ring (bicyclic) bond motifs is 1. The lowest BCUT2D eigenvalue weighted by atomic mass is 10.1. The number of methoxy groups -OCH3 is 3. The van der Waals surface area contributed by atoms with E-state index in [1.165, 1.54) is 9.13 Å². The van der Waals surface area contributed by atoms with Crippen LogP contribution in [0.4, 0.5) is 0 Å². The summed E-state index contributed by atoms with van der Waals surface area (Å²) in [4.78, 5) is 29.5. The minimum absolute atomic E-state index is 0.295. The largest absolute Gasteiger partial charge is 0.493 e. The van der Waals surface area contributed by atoms with Crippen LogP contribution in [0.1, 0.15) is 18.3 Å². The molecule has 0 radical (unpaired) electrons. The number of aromatic nitrogens is 4. The third-order valence-corrected chi connectivity index (χ3v) is 4.82. The molecule has 0 spiro atoms. The molecular weight excluding hydrogens is 376 g/mol. The lowest BCUT2D eigenvalue weighted by Crippen LogP contribution is -2.39. The van der Waals surface area contributed by atoms with Crippen LogP contribution in [0, 0.1) is 0 Å². The standard InChI is InChI=1S/C20H24N4O5/c1-7-24-19(25)16-18(23(3)20(24)26)21-15(22(16)2)9-8-12-10-13(27-4)17(29-6)14(11-12)28-5/h8-11H,7H2,1-6H3.